The zero-order chi connectivity index (χ0) is 24.0. The van der Waals surface area contributed by atoms with Crippen molar-refractivity contribution >= 4 is 40.9 Å². The first-order valence-electron chi connectivity index (χ1n) is 9.45. The molecule has 3 rings (SSSR count). The molecule has 0 atom stereocenters. The molecule has 0 radical (unpaired) electrons. The highest BCUT2D eigenvalue weighted by atomic mass is 35.5. The molecule has 2 amide bonds. The minimum atomic E-state index is -0.762. The highest BCUT2D eigenvalue weighted by Crippen LogP contribution is 2.20. The summed E-state index contributed by atoms with van der Waals surface area (Å²) in [4.78, 5) is 36.2. The van der Waals surface area contributed by atoms with Crippen LogP contribution in [0.5, 0.6) is 5.75 Å². The minimum absolute atomic E-state index is 0.0553. The molecule has 168 valence electrons. The van der Waals surface area contributed by atoms with Crippen LogP contribution in [-0.2, 0) is 4.79 Å². The van der Waals surface area contributed by atoms with Gasteiger partial charge in [-0.3, -0.25) is 19.7 Å². The molecular formula is C23H17ClFN3O5. The van der Waals surface area contributed by atoms with Gasteiger partial charge in [0, 0.05) is 17.8 Å². The fourth-order valence-corrected chi connectivity index (χ4v) is 3.04. The first kappa shape index (κ1) is 23.4. The average Bonchev–Trinajstić information content (AvgIpc) is 2.79. The summed E-state index contributed by atoms with van der Waals surface area (Å²) in [6.45, 7) is 0. The van der Waals surface area contributed by atoms with Gasteiger partial charge in [-0.1, -0.05) is 23.7 Å². The van der Waals surface area contributed by atoms with Gasteiger partial charge in [-0.15, -0.1) is 0 Å². The molecular weight excluding hydrogens is 453 g/mol. The Labute approximate surface area is 192 Å². The van der Waals surface area contributed by atoms with Crippen molar-refractivity contribution in [2.24, 2.45) is 0 Å². The fraction of sp³-hybridized carbons (Fsp3) is 0.0435. The van der Waals surface area contributed by atoms with Crippen LogP contribution >= 0.6 is 11.6 Å². The summed E-state index contributed by atoms with van der Waals surface area (Å²) in [7, 11) is 1.50. The number of nitrogens with zero attached hydrogens (tertiary/aromatic N) is 1. The predicted octanol–water partition coefficient (Wildman–Crippen LogP) is 4.81. The summed E-state index contributed by atoms with van der Waals surface area (Å²) in [6.07, 6.45) is 1.28. The van der Waals surface area contributed by atoms with Crippen molar-refractivity contribution < 1.29 is 23.6 Å². The lowest BCUT2D eigenvalue weighted by molar-refractivity contribution is -0.384. The second-order valence-electron chi connectivity index (χ2n) is 6.67. The van der Waals surface area contributed by atoms with E-state index in [0.29, 0.717) is 17.0 Å². The quantitative estimate of drug-likeness (QED) is 0.293. The Morgan fingerprint density at radius 1 is 1.09 bits per heavy atom. The summed E-state index contributed by atoms with van der Waals surface area (Å²) in [6, 6.07) is 15.2. The van der Waals surface area contributed by atoms with E-state index in [-0.39, 0.29) is 22.0 Å². The van der Waals surface area contributed by atoms with E-state index in [4.69, 9.17) is 16.3 Å². The van der Waals surface area contributed by atoms with Crippen molar-refractivity contribution in [2.45, 2.75) is 0 Å². The van der Waals surface area contributed by atoms with Crippen molar-refractivity contribution in [1.82, 2.24) is 5.32 Å². The number of halogens is 2. The van der Waals surface area contributed by atoms with E-state index in [1.165, 1.54) is 43.5 Å². The minimum Gasteiger partial charge on any atom is -0.497 e. The van der Waals surface area contributed by atoms with Gasteiger partial charge in [0.1, 0.15) is 17.3 Å². The molecule has 0 aliphatic carbocycles. The lowest BCUT2D eigenvalue weighted by Crippen LogP contribution is -2.31. The number of carbonyl (C=O) groups excluding carboxylic acids is 2. The van der Waals surface area contributed by atoms with E-state index >= 15 is 0 Å². The molecule has 0 fully saturated rings. The number of amides is 2. The maximum Gasteiger partial charge on any atom is 0.272 e. The Bertz CT molecular complexity index is 1250. The molecule has 0 unspecified atom stereocenters. The third-order valence-corrected chi connectivity index (χ3v) is 4.72. The van der Waals surface area contributed by atoms with E-state index in [0.717, 1.165) is 12.1 Å². The summed E-state index contributed by atoms with van der Waals surface area (Å²) >= 11 is 5.95. The smallest absolute Gasteiger partial charge is 0.272 e. The molecule has 33 heavy (non-hydrogen) atoms. The molecule has 0 saturated carbocycles. The van der Waals surface area contributed by atoms with Crippen molar-refractivity contribution in [2.75, 3.05) is 12.4 Å². The molecule has 0 heterocycles. The lowest BCUT2D eigenvalue weighted by Gasteiger charge is -2.12. The molecule has 10 heteroatoms. The van der Waals surface area contributed by atoms with Crippen LogP contribution in [0.1, 0.15) is 15.9 Å². The van der Waals surface area contributed by atoms with Gasteiger partial charge >= 0.3 is 0 Å². The number of benzene rings is 3. The average molecular weight is 470 g/mol. The summed E-state index contributed by atoms with van der Waals surface area (Å²) in [5, 5.41) is 16.0. The van der Waals surface area contributed by atoms with Gasteiger partial charge in [0.15, 0.2) is 0 Å². The Morgan fingerprint density at radius 2 is 1.82 bits per heavy atom. The summed E-state index contributed by atoms with van der Waals surface area (Å²) < 4.78 is 18.4. The normalized spacial score (nSPS) is 10.9. The maximum atomic E-state index is 13.3. The second-order valence-corrected chi connectivity index (χ2v) is 7.08. The molecule has 0 bridgehead atoms. The van der Waals surface area contributed by atoms with E-state index in [2.05, 4.69) is 10.6 Å². The Hall–Kier alpha value is -4.24. The van der Waals surface area contributed by atoms with Gasteiger partial charge in [-0.25, -0.2) is 4.39 Å². The fourth-order valence-electron chi connectivity index (χ4n) is 2.79. The van der Waals surface area contributed by atoms with Gasteiger partial charge in [-0.2, -0.15) is 0 Å². The predicted molar refractivity (Wildman–Crippen MR) is 122 cm³/mol. The van der Waals surface area contributed by atoms with Crippen LogP contribution in [0.15, 0.2) is 72.4 Å². The van der Waals surface area contributed by atoms with Crippen LogP contribution in [-0.4, -0.2) is 23.8 Å². The molecule has 0 aliphatic rings. The second kappa shape index (κ2) is 10.4. The third-order valence-electron chi connectivity index (χ3n) is 4.41. The number of carbonyl (C=O) groups is 2. The van der Waals surface area contributed by atoms with Crippen LogP contribution in [0.2, 0.25) is 5.02 Å². The van der Waals surface area contributed by atoms with Gasteiger partial charge in [0.05, 0.1) is 22.6 Å². The largest absolute Gasteiger partial charge is 0.497 e. The van der Waals surface area contributed by atoms with Crippen LogP contribution in [0.4, 0.5) is 15.8 Å². The van der Waals surface area contributed by atoms with Crippen LogP contribution in [0, 0.1) is 15.9 Å². The summed E-state index contributed by atoms with van der Waals surface area (Å²) in [5.74, 6) is -1.50. The third kappa shape index (κ3) is 6.14. The SMILES string of the molecule is COc1ccc(NC(=O)/C(=C/c2cccc([N+](=O)[O-])c2)NC(=O)c2ccc(F)cc2Cl)cc1. The Morgan fingerprint density at radius 3 is 2.45 bits per heavy atom. The topological polar surface area (TPSA) is 111 Å². The van der Waals surface area contributed by atoms with Crippen molar-refractivity contribution in [3.05, 3.63) is 105 Å². The number of rotatable bonds is 7. The number of hydrogen-bond acceptors (Lipinski definition) is 5. The van der Waals surface area contributed by atoms with Crippen LogP contribution in [0.25, 0.3) is 6.08 Å². The summed E-state index contributed by atoms with van der Waals surface area (Å²) in [5.41, 5.74) is 0.262. The number of nitro benzene ring substituents is 1. The van der Waals surface area contributed by atoms with E-state index < -0.39 is 22.6 Å². The zero-order valence-electron chi connectivity index (χ0n) is 17.2. The monoisotopic (exact) mass is 469 g/mol. The molecule has 2 N–H and O–H groups in total. The molecule has 0 aromatic heterocycles. The van der Waals surface area contributed by atoms with E-state index in [1.54, 1.807) is 24.3 Å². The number of nitro groups is 1. The van der Waals surface area contributed by atoms with Crippen LogP contribution < -0.4 is 15.4 Å². The first-order chi connectivity index (χ1) is 15.8. The molecule has 0 saturated heterocycles. The van der Waals surface area contributed by atoms with Gasteiger partial charge in [0.2, 0.25) is 0 Å². The van der Waals surface area contributed by atoms with Gasteiger partial charge in [-0.05, 0) is 54.1 Å². The van der Waals surface area contributed by atoms with Crippen molar-refractivity contribution in [3.8, 4) is 5.75 Å². The lowest BCUT2D eigenvalue weighted by atomic mass is 10.1. The number of anilines is 1. The molecule has 8 nitrogen and oxygen atoms in total. The van der Waals surface area contributed by atoms with E-state index in [1.807, 2.05) is 0 Å². The Kier molecular flexibility index (Phi) is 7.37. The number of ether oxygens (including phenoxy) is 1. The standard InChI is InChI=1S/C23H17ClFN3O5/c1-33-18-8-6-16(7-9-18)26-23(30)21(12-14-3-2-4-17(11-14)28(31)32)27-22(29)19-10-5-15(25)13-20(19)24/h2-13H,1H3,(H,26,30)(H,27,29)/b21-12-. The van der Waals surface area contributed by atoms with Gasteiger partial charge in [0.25, 0.3) is 17.5 Å². The van der Waals surface area contributed by atoms with E-state index in [9.17, 15) is 24.1 Å². The maximum absolute atomic E-state index is 13.3. The molecule has 3 aromatic carbocycles. The van der Waals surface area contributed by atoms with Crippen molar-refractivity contribution in [3.63, 3.8) is 0 Å². The first-order valence-corrected chi connectivity index (χ1v) is 9.82. The van der Waals surface area contributed by atoms with Crippen molar-refractivity contribution in [1.29, 1.82) is 0 Å². The zero-order valence-corrected chi connectivity index (χ0v) is 17.9. The van der Waals surface area contributed by atoms with Crippen LogP contribution in [0.3, 0.4) is 0 Å². The number of methoxy groups -OCH3 is 1. The molecule has 0 aliphatic heterocycles. The van der Waals surface area contributed by atoms with Gasteiger partial charge < -0.3 is 15.4 Å². The molecule has 0 spiro atoms. The number of non-ortho nitro benzene ring substituents is 1. The number of hydrogen-bond donors (Lipinski definition) is 2. The highest BCUT2D eigenvalue weighted by molar-refractivity contribution is 6.34. The Balaban J connectivity index is 1.94. The molecule has 3 aromatic rings. The highest BCUT2D eigenvalue weighted by Gasteiger charge is 2.18. The number of nitrogens with one attached hydrogen (secondary N) is 2.